The molecule has 0 aliphatic carbocycles. The predicted molar refractivity (Wildman–Crippen MR) is 68.2 cm³/mol. The van der Waals surface area contributed by atoms with Crippen molar-refractivity contribution in [3.8, 4) is 5.13 Å². The van der Waals surface area contributed by atoms with E-state index in [0.717, 1.165) is 28.6 Å². The first-order valence-corrected chi connectivity index (χ1v) is 6.55. The Balaban J connectivity index is 2.43. The van der Waals surface area contributed by atoms with Gasteiger partial charge in [0, 0.05) is 11.9 Å². The lowest BCUT2D eigenvalue weighted by molar-refractivity contribution is 0.610. The molecule has 6 heteroatoms. The fraction of sp³-hybridized carbons (Fsp3) is 0.545. The van der Waals surface area contributed by atoms with Gasteiger partial charge in [-0.3, -0.25) is 0 Å². The van der Waals surface area contributed by atoms with E-state index >= 15 is 0 Å². The molecule has 0 aromatic carbocycles. The molecule has 0 unspecified atom stereocenters. The maximum Gasteiger partial charge on any atom is 0.212 e. The molecule has 2 heterocycles. The van der Waals surface area contributed by atoms with Crippen molar-refractivity contribution in [2.45, 2.75) is 33.7 Å². The smallest absolute Gasteiger partial charge is 0.212 e. The molecule has 0 radical (unpaired) electrons. The lowest BCUT2D eigenvalue weighted by Gasteiger charge is -2.07. The highest BCUT2D eigenvalue weighted by Gasteiger charge is 2.16. The number of hydrogen-bond acceptors (Lipinski definition) is 5. The van der Waals surface area contributed by atoms with Gasteiger partial charge in [0.25, 0.3) is 0 Å². The predicted octanol–water partition coefficient (Wildman–Crippen LogP) is 1.69. The summed E-state index contributed by atoms with van der Waals surface area (Å²) >= 11 is 1.58. The third-order valence-corrected chi connectivity index (χ3v) is 3.36. The molecule has 5 nitrogen and oxygen atoms in total. The lowest BCUT2D eigenvalue weighted by atomic mass is 10.1. The summed E-state index contributed by atoms with van der Waals surface area (Å²) in [6.07, 6.45) is 0.915. The fourth-order valence-electron chi connectivity index (χ4n) is 1.67. The van der Waals surface area contributed by atoms with E-state index < -0.39 is 0 Å². The monoisotopic (exact) mass is 251 g/mol. The molecule has 0 saturated carbocycles. The molecule has 2 aromatic rings. The first-order chi connectivity index (χ1) is 8.11. The van der Waals surface area contributed by atoms with Crippen LogP contribution >= 0.6 is 11.3 Å². The van der Waals surface area contributed by atoms with Crippen LogP contribution in [0.15, 0.2) is 5.38 Å². The second-order valence-corrected chi connectivity index (χ2v) is 5.30. The number of aryl methyl sites for hydroxylation is 1. The van der Waals surface area contributed by atoms with Crippen molar-refractivity contribution in [2.24, 2.45) is 11.7 Å². The molecule has 0 spiro atoms. The van der Waals surface area contributed by atoms with Crippen molar-refractivity contribution in [1.29, 1.82) is 0 Å². The van der Waals surface area contributed by atoms with Crippen LogP contribution in [0.2, 0.25) is 0 Å². The van der Waals surface area contributed by atoms with Crippen LogP contribution in [0.4, 0.5) is 0 Å². The van der Waals surface area contributed by atoms with E-state index in [9.17, 15) is 0 Å². The first kappa shape index (κ1) is 12.2. The summed E-state index contributed by atoms with van der Waals surface area (Å²) in [5.41, 5.74) is 8.64. The molecule has 0 saturated heterocycles. The van der Waals surface area contributed by atoms with Crippen LogP contribution in [-0.4, -0.2) is 20.0 Å². The number of rotatable bonds is 4. The summed E-state index contributed by atoms with van der Waals surface area (Å²) in [5, 5.41) is 11.2. The number of hydrogen-bond donors (Lipinski definition) is 1. The Labute approximate surface area is 105 Å². The molecule has 2 N–H and O–H groups in total. The quantitative estimate of drug-likeness (QED) is 0.897. The van der Waals surface area contributed by atoms with Gasteiger partial charge in [-0.05, 0) is 19.3 Å². The van der Waals surface area contributed by atoms with Gasteiger partial charge < -0.3 is 5.73 Å². The van der Waals surface area contributed by atoms with E-state index in [1.165, 1.54) is 0 Å². The maximum absolute atomic E-state index is 5.69. The summed E-state index contributed by atoms with van der Waals surface area (Å²) in [4.78, 5) is 4.43. The standard InChI is InChI=1S/C11H17N5S/c1-7(2)4-10-9(5-12)14-15-16(10)11-13-8(3)6-17-11/h6-7H,4-5,12H2,1-3H3. The second kappa shape index (κ2) is 4.93. The van der Waals surface area contributed by atoms with Crippen molar-refractivity contribution in [1.82, 2.24) is 20.0 Å². The van der Waals surface area contributed by atoms with Gasteiger partial charge in [-0.2, -0.15) is 4.68 Å². The summed E-state index contributed by atoms with van der Waals surface area (Å²) in [6.45, 7) is 6.74. The van der Waals surface area contributed by atoms with Crippen molar-refractivity contribution in [3.05, 3.63) is 22.5 Å². The van der Waals surface area contributed by atoms with Crippen LogP contribution in [0.3, 0.4) is 0 Å². The Kier molecular flexibility index (Phi) is 3.54. The zero-order valence-corrected chi connectivity index (χ0v) is 11.2. The van der Waals surface area contributed by atoms with Crippen LogP contribution in [0.25, 0.3) is 5.13 Å². The highest BCUT2D eigenvalue weighted by atomic mass is 32.1. The Morgan fingerprint density at radius 2 is 2.24 bits per heavy atom. The number of aromatic nitrogens is 4. The maximum atomic E-state index is 5.69. The van der Waals surface area contributed by atoms with E-state index in [4.69, 9.17) is 5.73 Å². The second-order valence-electron chi connectivity index (χ2n) is 4.47. The number of nitrogens with two attached hydrogens (primary N) is 1. The van der Waals surface area contributed by atoms with Crippen LogP contribution in [-0.2, 0) is 13.0 Å². The van der Waals surface area contributed by atoms with E-state index in [1.54, 1.807) is 11.3 Å². The van der Waals surface area contributed by atoms with Gasteiger partial charge in [-0.15, -0.1) is 16.4 Å². The minimum Gasteiger partial charge on any atom is -0.325 e. The molecule has 2 rings (SSSR count). The summed E-state index contributed by atoms with van der Waals surface area (Å²) < 4.78 is 1.82. The van der Waals surface area contributed by atoms with Crippen molar-refractivity contribution < 1.29 is 0 Å². The molecular weight excluding hydrogens is 234 g/mol. The number of thiazole rings is 1. The lowest BCUT2D eigenvalue weighted by Crippen LogP contribution is -2.09. The van der Waals surface area contributed by atoms with E-state index in [0.29, 0.717) is 12.5 Å². The van der Waals surface area contributed by atoms with Crippen LogP contribution in [0, 0.1) is 12.8 Å². The molecule has 17 heavy (non-hydrogen) atoms. The highest BCUT2D eigenvalue weighted by molar-refractivity contribution is 7.12. The SMILES string of the molecule is Cc1csc(-n2nnc(CN)c2CC(C)C)n1. The Bertz CT molecular complexity index is 500. The van der Waals surface area contributed by atoms with Gasteiger partial charge >= 0.3 is 0 Å². The normalized spacial score (nSPS) is 11.4. The van der Waals surface area contributed by atoms with E-state index in [1.807, 2.05) is 17.0 Å². The molecular formula is C11H17N5S. The average Bonchev–Trinajstić information content (AvgIpc) is 2.84. The summed E-state index contributed by atoms with van der Waals surface area (Å²) in [6, 6.07) is 0. The van der Waals surface area contributed by atoms with Crippen molar-refractivity contribution >= 4 is 11.3 Å². The minimum absolute atomic E-state index is 0.423. The van der Waals surface area contributed by atoms with Gasteiger partial charge in [-0.1, -0.05) is 19.1 Å². The van der Waals surface area contributed by atoms with Gasteiger partial charge in [0.2, 0.25) is 5.13 Å². The zero-order valence-electron chi connectivity index (χ0n) is 10.3. The molecule has 0 atom stereocenters. The largest absolute Gasteiger partial charge is 0.325 e. The van der Waals surface area contributed by atoms with E-state index in [-0.39, 0.29) is 0 Å². The molecule has 0 fully saturated rings. The molecule has 0 aliphatic rings. The molecule has 0 amide bonds. The zero-order chi connectivity index (χ0) is 12.4. The van der Waals surface area contributed by atoms with Gasteiger partial charge in [0.05, 0.1) is 17.1 Å². The molecule has 0 aliphatic heterocycles. The molecule has 0 bridgehead atoms. The Morgan fingerprint density at radius 3 is 2.76 bits per heavy atom. The first-order valence-electron chi connectivity index (χ1n) is 5.67. The minimum atomic E-state index is 0.423. The fourth-order valence-corrected chi connectivity index (χ4v) is 2.45. The highest BCUT2D eigenvalue weighted by Crippen LogP contribution is 2.19. The van der Waals surface area contributed by atoms with Crippen LogP contribution in [0.1, 0.15) is 30.9 Å². The third-order valence-electron chi connectivity index (χ3n) is 2.43. The Morgan fingerprint density at radius 1 is 1.47 bits per heavy atom. The third kappa shape index (κ3) is 2.53. The van der Waals surface area contributed by atoms with Gasteiger partial charge in [0.1, 0.15) is 0 Å². The van der Waals surface area contributed by atoms with Crippen LogP contribution in [0.5, 0.6) is 0 Å². The van der Waals surface area contributed by atoms with E-state index in [2.05, 4.69) is 29.1 Å². The van der Waals surface area contributed by atoms with Gasteiger partial charge in [-0.25, -0.2) is 4.98 Å². The molecule has 92 valence electrons. The molecule has 2 aromatic heterocycles. The average molecular weight is 251 g/mol. The van der Waals surface area contributed by atoms with Crippen molar-refractivity contribution in [2.75, 3.05) is 0 Å². The van der Waals surface area contributed by atoms with Crippen molar-refractivity contribution in [3.63, 3.8) is 0 Å². The summed E-state index contributed by atoms with van der Waals surface area (Å²) in [5.74, 6) is 0.540. The van der Waals surface area contributed by atoms with Gasteiger partial charge in [0.15, 0.2) is 0 Å². The topological polar surface area (TPSA) is 69.6 Å². The Hall–Kier alpha value is -1.27. The number of nitrogens with zero attached hydrogens (tertiary/aromatic N) is 4. The van der Waals surface area contributed by atoms with Crippen LogP contribution < -0.4 is 5.73 Å². The summed E-state index contributed by atoms with van der Waals surface area (Å²) in [7, 11) is 0.